The number of aromatic carboxylic acids is 1. The van der Waals surface area contributed by atoms with Crippen LogP contribution >= 0.6 is 15.9 Å². The molecule has 1 fully saturated rings. The van der Waals surface area contributed by atoms with Crippen LogP contribution in [0.15, 0.2) is 53.0 Å². The number of carbonyl (C=O) groups is 3. The molecule has 2 aromatic rings. The zero-order valence-electron chi connectivity index (χ0n) is 11.8. The predicted octanol–water partition coefficient (Wildman–Crippen LogP) is 3.12. The Hall–Kier alpha value is -2.67. The molecule has 0 unspecified atom stereocenters. The van der Waals surface area contributed by atoms with E-state index in [9.17, 15) is 14.4 Å². The highest BCUT2D eigenvalue weighted by molar-refractivity contribution is 9.10. The van der Waals surface area contributed by atoms with Gasteiger partial charge in [0.1, 0.15) is 6.54 Å². The number of rotatable bonds is 3. The van der Waals surface area contributed by atoms with E-state index in [-0.39, 0.29) is 17.8 Å². The molecular formula is C16H11BrN2O4. The molecule has 1 N–H and O–H groups in total. The number of amides is 3. The summed E-state index contributed by atoms with van der Waals surface area (Å²) in [6.45, 7) is -0.0907. The Bertz CT molecular complexity index is 821. The summed E-state index contributed by atoms with van der Waals surface area (Å²) in [5.74, 6) is -1.52. The second-order valence-corrected chi connectivity index (χ2v) is 5.85. The summed E-state index contributed by atoms with van der Waals surface area (Å²) in [4.78, 5) is 38.2. The summed E-state index contributed by atoms with van der Waals surface area (Å²) in [5.41, 5.74) is 0.857. The highest BCUT2D eigenvalue weighted by Crippen LogP contribution is 2.28. The Kier molecular flexibility index (Phi) is 3.87. The molecule has 3 amide bonds. The van der Waals surface area contributed by atoms with Crippen molar-refractivity contribution in [1.29, 1.82) is 0 Å². The molecule has 0 radical (unpaired) electrons. The van der Waals surface area contributed by atoms with E-state index >= 15 is 0 Å². The van der Waals surface area contributed by atoms with E-state index in [1.165, 1.54) is 29.2 Å². The molecule has 23 heavy (non-hydrogen) atoms. The SMILES string of the molecule is O=C(O)c1cccc(N2C(=O)CN(c3cccc(Br)c3)C2=O)c1. The number of hydrogen-bond acceptors (Lipinski definition) is 3. The van der Waals surface area contributed by atoms with Gasteiger partial charge in [-0.25, -0.2) is 14.5 Å². The summed E-state index contributed by atoms with van der Waals surface area (Å²) in [6, 6.07) is 12.3. The summed E-state index contributed by atoms with van der Waals surface area (Å²) in [6.07, 6.45) is 0. The summed E-state index contributed by atoms with van der Waals surface area (Å²) >= 11 is 3.33. The number of carbonyl (C=O) groups excluding carboxylic acids is 2. The minimum atomic E-state index is -1.12. The quantitative estimate of drug-likeness (QED) is 0.837. The second-order valence-electron chi connectivity index (χ2n) is 4.93. The van der Waals surface area contributed by atoms with E-state index in [1.807, 2.05) is 6.07 Å². The molecule has 1 heterocycles. The van der Waals surface area contributed by atoms with Crippen LogP contribution in [0.1, 0.15) is 10.4 Å². The average Bonchev–Trinajstić information content (AvgIpc) is 2.82. The van der Waals surface area contributed by atoms with Gasteiger partial charge in [-0.1, -0.05) is 28.1 Å². The number of benzene rings is 2. The molecule has 0 spiro atoms. The average molecular weight is 375 g/mol. The molecule has 0 atom stereocenters. The molecule has 2 aromatic carbocycles. The molecule has 7 heteroatoms. The van der Waals surface area contributed by atoms with Gasteiger partial charge >= 0.3 is 12.0 Å². The van der Waals surface area contributed by atoms with Gasteiger partial charge in [0, 0.05) is 10.2 Å². The topological polar surface area (TPSA) is 77.9 Å². The molecule has 6 nitrogen and oxygen atoms in total. The standard InChI is InChI=1S/C16H11BrN2O4/c17-11-4-2-5-12(8-11)18-9-14(20)19(16(18)23)13-6-1-3-10(7-13)15(21)22/h1-8H,9H2,(H,21,22). The fraction of sp³-hybridized carbons (Fsp3) is 0.0625. The number of hydrogen-bond donors (Lipinski definition) is 1. The molecular weight excluding hydrogens is 364 g/mol. The molecule has 1 aliphatic heterocycles. The Balaban J connectivity index is 1.96. The van der Waals surface area contributed by atoms with Crippen LogP contribution in [0.5, 0.6) is 0 Å². The molecule has 116 valence electrons. The Morgan fingerprint density at radius 1 is 1.04 bits per heavy atom. The van der Waals surface area contributed by atoms with Crippen molar-refractivity contribution in [3.05, 3.63) is 58.6 Å². The van der Waals surface area contributed by atoms with Gasteiger partial charge in [-0.05, 0) is 36.4 Å². The summed E-state index contributed by atoms with van der Waals surface area (Å²) in [5, 5.41) is 9.04. The van der Waals surface area contributed by atoms with Gasteiger partial charge < -0.3 is 5.11 Å². The maximum atomic E-state index is 12.6. The minimum absolute atomic E-state index is 0.0176. The van der Waals surface area contributed by atoms with Crippen LogP contribution in [-0.2, 0) is 4.79 Å². The minimum Gasteiger partial charge on any atom is -0.478 e. The van der Waals surface area contributed by atoms with E-state index in [4.69, 9.17) is 5.11 Å². The molecule has 1 aliphatic rings. The zero-order valence-corrected chi connectivity index (χ0v) is 13.4. The molecule has 0 bridgehead atoms. The van der Waals surface area contributed by atoms with Crippen molar-refractivity contribution in [2.24, 2.45) is 0 Å². The van der Waals surface area contributed by atoms with E-state index in [1.54, 1.807) is 18.2 Å². The maximum absolute atomic E-state index is 12.6. The van der Waals surface area contributed by atoms with Crippen LogP contribution in [0.25, 0.3) is 0 Å². The van der Waals surface area contributed by atoms with Gasteiger partial charge in [0.05, 0.1) is 11.3 Å². The van der Waals surface area contributed by atoms with Gasteiger partial charge in [-0.3, -0.25) is 9.69 Å². The van der Waals surface area contributed by atoms with Crippen molar-refractivity contribution in [1.82, 2.24) is 0 Å². The number of anilines is 2. The number of nitrogens with zero attached hydrogens (tertiary/aromatic N) is 2. The predicted molar refractivity (Wildman–Crippen MR) is 87.8 cm³/mol. The van der Waals surface area contributed by atoms with Gasteiger partial charge in [-0.15, -0.1) is 0 Å². The lowest BCUT2D eigenvalue weighted by Crippen LogP contribution is -2.33. The van der Waals surface area contributed by atoms with E-state index in [2.05, 4.69) is 15.9 Å². The normalized spacial score (nSPS) is 14.5. The Labute approximate surface area is 140 Å². The Morgan fingerprint density at radius 2 is 1.74 bits per heavy atom. The van der Waals surface area contributed by atoms with Crippen LogP contribution in [0.4, 0.5) is 16.2 Å². The first-order chi connectivity index (χ1) is 11.0. The van der Waals surface area contributed by atoms with E-state index < -0.39 is 17.9 Å². The van der Waals surface area contributed by atoms with Crippen LogP contribution in [0.3, 0.4) is 0 Å². The second kappa shape index (κ2) is 5.85. The number of imide groups is 1. The van der Waals surface area contributed by atoms with E-state index in [0.717, 1.165) is 9.37 Å². The first kappa shape index (κ1) is 15.2. The van der Waals surface area contributed by atoms with Crippen LogP contribution < -0.4 is 9.80 Å². The van der Waals surface area contributed by atoms with Gasteiger partial charge in [0.2, 0.25) is 0 Å². The Morgan fingerprint density at radius 3 is 2.43 bits per heavy atom. The number of halogens is 1. The van der Waals surface area contributed by atoms with Gasteiger partial charge in [0.25, 0.3) is 5.91 Å². The van der Waals surface area contributed by atoms with Crippen molar-refractivity contribution < 1.29 is 19.5 Å². The van der Waals surface area contributed by atoms with Crippen molar-refractivity contribution in [3.63, 3.8) is 0 Å². The van der Waals surface area contributed by atoms with Crippen LogP contribution in [0, 0.1) is 0 Å². The third kappa shape index (κ3) is 2.83. The lowest BCUT2D eigenvalue weighted by Gasteiger charge is -2.17. The molecule has 0 aromatic heterocycles. The largest absolute Gasteiger partial charge is 0.478 e. The third-order valence-electron chi connectivity index (χ3n) is 3.44. The van der Waals surface area contributed by atoms with Gasteiger partial charge in [-0.2, -0.15) is 0 Å². The van der Waals surface area contributed by atoms with Crippen molar-refractivity contribution in [2.45, 2.75) is 0 Å². The maximum Gasteiger partial charge on any atom is 0.336 e. The monoisotopic (exact) mass is 374 g/mol. The van der Waals surface area contributed by atoms with Crippen molar-refractivity contribution in [3.8, 4) is 0 Å². The third-order valence-corrected chi connectivity index (χ3v) is 3.93. The molecule has 1 saturated heterocycles. The number of carboxylic acid groups (broad SMARTS) is 1. The van der Waals surface area contributed by atoms with Crippen molar-refractivity contribution in [2.75, 3.05) is 16.3 Å². The lowest BCUT2D eigenvalue weighted by molar-refractivity contribution is -0.115. The molecule has 0 aliphatic carbocycles. The summed E-state index contributed by atoms with van der Waals surface area (Å²) < 4.78 is 0.793. The van der Waals surface area contributed by atoms with Gasteiger partial charge in [0.15, 0.2) is 0 Å². The highest BCUT2D eigenvalue weighted by Gasteiger charge is 2.38. The highest BCUT2D eigenvalue weighted by atomic mass is 79.9. The van der Waals surface area contributed by atoms with Crippen LogP contribution in [0.2, 0.25) is 0 Å². The fourth-order valence-corrected chi connectivity index (χ4v) is 2.77. The lowest BCUT2D eigenvalue weighted by atomic mass is 10.2. The fourth-order valence-electron chi connectivity index (χ4n) is 2.38. The zero-order chi connectivity index (χ0) is 16.6. The molecule has 0 saturated carbocycles. The van der Waals surface area contributed by atoms with Crippen molar-refractivity contribution >= 4 is 45.2 Å². The number of urea groups is 1. The smallest absolute Gasteiger partial charge is 0.336 e. The first-order valence-corrected chi connectivity index (χ1v) is 7.50. The number of carboxylic acids is 1. The molecule has 3 rings (SSSR count). The van der Waals surface area contributed by atoms with Crippen LogP contribution in [-0.4, -0.2) is 29.6 Å². The van der Waals surface area contributed by atoms with E-state index in [0.29, 0.717) is 5.69 Å². The first-order valence-electron chi connectivity index (χ1n) is 6.71. The summed E-state index contributed by atoms with van der Waals surface area (Å²) in [7, 11) is 0.